The van der Waals surface area contributed by atoms with E-state index in [-0.39, 0.29) is 11.8 Å². The molecule has 1 aromatic heterocycles. The van der Waals surface area contributed by atoms with Gasteiger partial charge in [0, 0.05) is 17.2 Å². The van der Waals surface area contributed by atoms with Crippen LogP contribution in [0.3, 0.4) is 0 Å². The van der Waals surface area contributed by atoms with Crippen LogP contribution in [0.1, 0.15) is 45.6 Å². The third kappa shape index (κ3) is 3.73. The van der Waals surface area contributed by atoms with Crippen LogP contribution in [-0.4, -0.2) is 10.9 Å². The highest BCUT2D eigenvalue weighted by Crippen LogP contribution is 2.28. The molecule has 0 spiro atoms. The Morgan fingerprint density at radius 1 is 1.12 bits per heavy atom. The van der Waals surface area contributed by atoms with Gasteiger partial charge in [0.05, 0.1) is 0 Å². The molecule has 0 unspecified atom stereocenters. The molecule has 0 aliphatic rings. The molecule has 0 bridgehead atoms. The van der Waals surface area contributed by atoms with Gasteiger partial charge in [0.1, 0.15) is 5.52 Å². The summed E-state index contributed by atoms with van der Waals surface area (Å²) in [6, 6.07) is 13.8. The molecule has 0 saturated carbocycles. The lowest BCUT2D eigenvalue weighted by atomic mass is 9.98. The number of rotatable bonds is 5. The van der Waals surface area contributed by atoms with Crippen molar-refractivity contribution in [1.29, 1.82) is 0 Å². The number of hydrogen-bond acceptors (Lipinski definition) is 3. The van der Waals surface area contributed by atoms with Crippen LogP contribution < -0.4 is 5.32 Å². The van der Waals surface area contributed by atoms with Crippen molar-refractivity contribution in [2.45, 2.75) is 40.0 Å². The van der Waals surface area contributed by atoms with E-state index in [0.717, 1.165) is 28.8 Å². The van der Waals surface area contributed by atoms with E-state index in [1.54, 1.807) is 0 Å². The van der Waals surface area contributed by atoms with Gasteiger partial charge in [-0.2, -0.15) is 0 Å². The molecule has 1 heterocycles. The van der Waals surface area contributed by atoms with Crippen molar-refractivity contribution in [2.24, 2.45) is 5.92 Å². The predicted octanol–water partition coefficient (Wildman–Crippen LogP) is 5.60. The van der Waals surface area contributed by atoms with Gasteiger partial charge in [0.25, 0.3) is 0 Å². The molecule has 0 saturated heterocycles. The number of aromatic nitrogens is 1. The van der Waals surface area contributed by atoms with Crippen molar-refractivity contribution < 1.29 is 9.21 Å². The Morgan fingerprint density at radius 2 is 1.84 bits per heavy atom. The lowest BCUT2D eigenvalue weighted by molar-refractivity contribution is -0.118. The highest BCUT2D eigenvalue weighted by Gasteiger charge is 2.12. The Labute approximate surface area is 148 Å². The Morgan fingerprint density at radius 3 is 2.48 bits per heavy atom. The number of amides is 1. The second-order valence-electron chi connectivity index (χ2n) is 6.78. The number of carbonyl (C=O) groups excluding carboxylic acids is 1. The second kappa shape index (κ2) is 7.09. The van der Waals surface area contributed by atoms with Crippen molar-refractivity contribution in [3.05, 3.63) is 48.0 Å². The van der Waals surface area contributed by atoms with Crippen LogP contribution in [0.2, 0.25) is 0 Å². The maximum absolute atomic E-state index is 11.8. The van der Waals surface area contributed by atoms with E-state index >= 15 is 0 Å². The largest absolute Gasteiger partial charge is 0.436 e. The van der Waals surface area contributed by atoms with E-state index in [1.807, 2.05) is 44.2 Å². The first kappa shape index (κ1) is 17.2. The van der Waals surface area contributed by atoms with Crippen molar-refractivity contribution >= 4 is 22.7 Å². The zero-order valence-electron chi connectivity index (χ0n) is 15.2. The Balaban J connectivity index is 1.85. The molecule has 0 fully saturated rings. The van der Waals surface area contributed by atoms with Gasteiger partial charge in [0.2, 0.25) is 11.8 Å². The monoisotopic (exact) mass is 336 g/mol. The van der Waals surface area contributed by atoms with Gasteiger partial charge in [-0.05, 0) is 54.3 Å². The van der Waals surface area contributed by atoms with Crippen molar-refractivity contribution in [3.63, 3.8) is 0 Å². The number of anilines is 1. The first-order chi connectivity index (χ1) is 12.0. The maximum Gasteiger partial charge on any atom is 0.227 e. The smallest absolute Gasteiger partial charge is 0.227 e. The zero-order valence-corrected chi connectivity index (χ0v) is 15.2. The van der Waals surface area contributed by atoms with Crippen LogP contribution in [0.25, 0.3) is 22.6 Å². The minimum Gasteiger partial charge on any atom is -0.436 e. The standard InChI is InChI=1S/C21H24N2O2/c1-5-14(4)16-8-11-19-18(12-16)23-21(25-19)15-6-9-17(10-7-15)22-20(24)13(2)3/h6-14H,5H2,1-4H3,(H,22,24)/t14-/m0/s1. The van der Waals surface area contributed by atoms with E-state index in [4.69, 9.17) is 4.42 Å². The molecule has 1 amide bonds. The molecule has 1 N–H and O–H groups in total. The van der Waals surface area contributed by atoms with Crippen LogP contribution in [-0.2, 0) is 4.79 Å². The number of fused-ring (bicyclic) bond motifs is 1. The predicted molar refractivity (Wildman–Crippen MR) is 102 cm³/mol. The Kier molecular flexibility index (Phi) is 4.88. The van der Waals surface area contributed by atoms with Crippen LogP contribution in [0.5, 0.6) is 0 Å². The molecule has 4 nitrogen and oxygen atoms in total. The fraction of sp³-hybridized carbons (Fsp3) is 0.333. The van der Waals surface area contributed by atoms with E-state index in [1.165, 1.54) is 5.56 Å². The van der Waals surface area contributed by atoms with E-state index in [0.29, 0.717) is 11.8 Å². The number of oxazole rings is 1. The van der Waals surface area contributed by atoms with Crippen molar-refractivity contribution in [2.75, 3.05) is 5.32 Å². The summed E-state index contributed by atoms with van der Waals surface area (Å²) >= 11 is 0. The molecule has 0 aliphatic carbocycles. The molecule has 3 aromatic rings. The SMILES string of the molecule is CC[C@H](C)c1ccc2oc(-c3ccc(NC(=O)C(C)C)cc3)nc2c1. The second-order valence-corrected chi connectivity index (χ2v) is 6.78. The van der Waals surface area contributed by atoms with Crippen molar-refractivity contribution in [1.82, 2.24) is 4.98 Å². The molecule has 3 rings (SSSR count). The van der Waals surface area contributed by atoms with Gasteiger partial charge >= 0.3 is 0 Å². The number of hydrogen-bond donors (Lipinski definition) is 1. The Bertz CT molecular complexity index is 879. The quantitative estimate of drug-likeness (QED) is 0.659. The number of nitrogens with one attached hydrogen (secondary N) is 1. The van der Waals surface area contributed by atoms with Crippen LogP contribution in [0.15, 0.2) is 46.9 Å². The first-order valence-electron chi connectivity index (χ1n) is 8.79. The molecule has 130 valence electrons. The third-order valence-corrected chi connectivity index (χ3v) is 4.52. The van der Waals surface area contributed by atoms with Crippen LogP contribution in [0.4, 0.5) is 5.69 Å². The highest BCUT2D eigenvalue weighted by molar-refractivity contribution is 5.92. The zero-order chi connectivity index (χ0) is 18.0. The fourth-order valence-corrected chi connectivity index (χ4v) is 2.59. The molecule has 0 radical (unpaired) electrons. The van der Waals surface area contributed by atoms with Gasteiger partial charge in [-0.25, -0.2) is 4.98 Å². The molecular weight excluding hydrogens is 312 g/mol. The van der Waals surface area contributed by atoms with Crippen LogP contribution >= 0.6 is 0 Å². The Hall–Kier alpha value is -2.62. The number of nitrogens with zero attached hydrogens (tertiary/aromatic N) is 1. The summed E-state index contributed by atoms with van der Waals surface area (Å²) in [6.07, 6.45) is 1.10. The first-order valence-corrected chi connectivity index (χ1v) is 8.79. The molecular formula is C21H24N2O2. The molecule has 4 heteroatoms. The summed E-state index contributed by atoms with van der Waals surface area (Å²) in [4.78, 5) is 16.4. The van der Waals surface area contributed by atoms with Gasteiger partial charge in [-0.15, -0.1) is 0 Å². The lowest BCUT2D eigenvalue weighted by Gasteiger charge is -2.07. The van der Waals surface area contributed by atoms with E-state index in [9.17, 15) is 4.79 Å². The maximum atomic E-state index is 11.8. The molecule has 0 aliphatic heterocycles. The lowest BCUT2D eigenvalue weighted by Crippen LogP contribution is -2.17. The fourth-order valence-electron chi connectivity index (χ4n) is 2.59. The average Bonchev–Trinajstić information content (AvgIpc) is 3.04. The summed E-state index contributed by atoms with van der Waals surface area (Å²) in [6.45, 7) is 8.14. The summed E-state index contributed by atoms with van der Waals surface area (Å²) in [5, 5.41) is 2.88. The minimum absolute atomic E-state index is 0.00665. The summed E-state index contributed by atoms with van der Waals surface area (Å²) in [7, 11) is 0. The highest BCUT2D eigenvalue weighted by atomic mass is 16.3. The van der Waals surface area contributed by atoms with E-state index in [2.05, 4.69) is 36.3 Å². The summed E-state index contributed by atoms with van der Waals surface area (Å²) in [5.41, 5.74) is 4.62. The van der Waals surface area contributed by atoms with Crippen LogP contribution in [0, 0.1) is 5.92 Å². The van der Waals surface area contributed by atoms with Gasteiger partial charge < -0.3 is 9.73 Å². The number of carbonyl (C=O) groups is 1. The minimum atomic E-state index is -0.0450. The van der Waals surface area contributed by atoms with Crippen molar-refractivity contribution in [3.8, 4) is 11.5 Å². The molecule has 2 aromatic carbocycles. The molecule has 1 atom stereocenters. The van der Waals surface area contributed by atoms with E-state index < -0.39 is 0 Å². The third-order valence-electron chi connectivity index (χ3n) is 4.52. The topological polar surface area (TPSA) is 55.1 Å². The molecule has 25 heavy (non-hydrogen) atoms. The van der Waals surface area contributed by atoms with Gasteiger partial charge in [0.15, 0.2) is 5.58 Å². The summed E-state index contributed by atoms with van der Waals surface area (Å²) in [5.74, 6) is 1.06. The summed E-state index contributed by atoms with van der Waals surface area (Å²) < 4.78 is 5.88. The number of benzene rings is 2. The van der Waals surface area contributed by atoms with Gasteiger partial charge in [-0.3, -0.25) is 4.79 Å². The normalized spacial score (nSPS) is 12.5. The van der Waals surface area contributed by atoms with Gasteiger partial charge in [-0.1, -0.05) is 33.8 Å². The average molecular weight is 336 g/mol.